The van der Waals surface area contributed by atoms with E-state index in [1.54, 1.807) is 12.1 Å². The number of benzene rings is 3. The molecule has 0 N–H and O–H groups in total. The maximum absolute atomic E-state index is 14.5. The molecule has 0 saturated carbocycles. The van der Waals surface area contributed by atoms with E-state index in [1.807, 2.05) is 30.3 Å². The molecular formula is C24H23FN2. The van der Waals surface area contributed by atoms with Crippen molar-refractivity contribution in [2.75, 3.05) is 0 Å². The fourth-order valence-corrected chi connectivity index (χ4v) is 3.38. The number of imidazole rings is 1. The molecule has 0 aliphatic heterocycles. The zero-order valence-electron chi connectivity index (χ0n) is 15.9. The monoisotopic (exact) mass is 358 g/mol. The minimum atomic E-state index is -0.253. The average Bonchev–Trinajstić information content (AvgIpc) is 3.00. The molecule has 0 aliphatic carbocycles. The zero-order chi connectivity index (χ0) is 19.0. The molecule has 0 amide bonds. The van der Waals surface area contributed by atoms with Gasteiger partial charge >= 0.3 is 0 Å². The van der Waals surface area contributed by atoms with E-state index >= 15 is 0 Å². The summed E-state index contributed by atoms with van der Waals surface area (Å²) >= 11 is 0. The molecule has 1 heterocycles. The molecule has 27 heavy (non-hydrogen) atoms. The molecular weight excluding hydrogens is 335 g/mol. The molecule has 1 aromatic heterocycles. The minimum Gasteiger partial charge on any atom is -0.319 e. The summed E-state index contributed by atoms with van der Waals surface area (Å²) in [7, 11) is 0. The predicted octanol–water partition coefficient (Wildman–Crippen LogP) is 6.19. The Kier molecular flexibility index (Phi) is 4.31. The van der Waals surface area contributed by atoms with Gasteiger partial charge in [0, 0.05) is 6.54 Å². The molecule has 0 saturated heterocycles. The van der Waals surface area contributed by atoms with Crippen LogP contribution in [0.5, 0.6) is 0 Å². The Morgan fingerprint density at radius 1 is 0.852 bits per heavy atom. The topological polar surface area (TPSA) is 17.8 Å². The predicted molar refractivity (Wildman–Crippen MR) is 109 cm³/mol. The van der Waals surface area contributed by atoms with Crippen molar-refractivity contribution in [2.45, 2.75) is 32.7 Å². The van der Waals surface area contributed by atoms with Crippen LogP contribution in [0.4, 0.5) is 4.39 Å². The third kappa shape index (κ3) is 3.37. The van der Waals surface area contributed by atoms with Crippen LogP contribution in [-0.4, -0.2) is 9.55 Å². The van der Waals surface area contributed by atoms with Gasteiger partial charge in [-0.05, 0) is 40.8 Å². The lowest BCUT2D eigenvalue weighted by molar-refractivity contribution is 0.590. The molecule has 0 fully saturated rings. The van der Waals surface area contributed by atoms with Crippen molar-refractivity contribution < 1.29 is 4.39 Å². The number of halogens is 1. The molecule has 3 aromatic carbocycles. The fourth-order valence-electron chi connectivity index (χ4n) is 3.38. The number of aromatic nitrogens is 2. The Balaban J connectivity index is 1.81. The van der Waals surface area contributed by atoms with Crippen LogP contribution in [0.15, 0.2) is 72.8 Å². The van der Waals surface area contributed by atoms with Crippen molar-refractivity contribution in [3.63, 3.8) is 0 Å². The number of para-hydroxylation sites is 2. The molecule has 0 spiro atoms. The van der Waals surface area contributed by atoms with E-state index in [0.717, 1.165) is 11.0 Å². The average molecular weight is 358 g/mol. The summed E-state index contributed by atoms with van der Waals surface area (Å²) in [5, 5.41) is 0. The molecule has 4 aromatic rings. The highest BCUT2D eigenvalue weighted by molar-refractivity contribution is 5.80. The Hall–Kier alpha value is -2.94. The lowest BCUT2D eigenvalue weighted by Crippen LogP contribution is -2.11. The van der Waals surface area contributed by atoms with Crippen LogP contribution in [0.25, 0.3) is 22.4 Å². The van der Waals surface area contributed by atoms with Crippen molar-refractivity contribution in [2.24, 2.45) is 0 Å². The Morgan fingerprint density at radius 2 is 1.52 bits per heavy atom. The first-order valence-electron chi connectivity index (χ1n) is 9.23. The highest BCUT2D eigenvalue weighted by Gasteiger charge is 2.17. The van der Waals surface area contributed by atoms with Gasteiger partial charge < -0.3 is 4.57 Å². The summed E-state index contributed by atoms with van der Waals surface area (Å²) in [6, 6.07) is 23.5. The van der Waals surface area contributed by atoms with Gasteiger partial charge in [0.15, 0.2) is 0 Å². The highest BCUT2D eigenvalue weighted by Crippen LogP contribution is 2.28. The first-order valence-corrected chi connectivity index (χ1v) is 9.23. The van der Waals surface area contributed by atoms with E-state index in [0.29, 0.717) is 17.9 Å². The fraction of sp³-hybridized carbons (Fsp3) is 0.208. The Labute approximate surface area is 159 Å². The van der Waals surface area contributed by atoms with Gasteiger partial charge in [0.05, 0.1) is 16.6 Å². The van der Waals surface area contributed by atoms with Crippen LogP contribution in [0.3, 0.4) is 0 Å². The van der Waals surface area contributed by atoms with E-state index in [1.165, 1.54) is 17.2 Å². The van der Waals surface area contributed by atoms with Crippen molar-refractivity contribution in [1.82, 2.24) is 9.55 Å². The van der Waals surface area contributed by atoms with Gasteiger partial charge in [-0.15, -0.1) is 0 Å². The van der Waals surface area contributed by atoms with Crippen LogP contribution in [0.2, 0.25) is 0 Å². The van der Waals surface area contributed by atoms with Crippen LogP contribution in [-0.2, 0) is 12.0 Å². The van der Waals surface area contributed by atoms with E-state index in [-0.39, 0.29) is 11.2 Å². The molecule has 0 aliphatic rings. The molecule has 0 radical (unpaired) electrons. The molecule has 0 unspecified atom stereocenters. The molecule has 0 atom stereocenters. The van der Waals surface area contributed by atoms with Crippen LogP contribution in [0, 0.1) is 5.82 Å². The van der Waals surface area contributed by atoms with E-state index in [2.05, 4.69) is 49.6 Å². The molecule has 4 rings (SSSR count). The number of rotatable bonds is 3. The van der Waals surface area contributed by atoms with Crippen molar-refractivity contribution in [1.29, 1.82) is 0 Å². The summed E-state index contributed by atoms with van der Waals surface area (Å²) in [5.74, 6) is 0.409. The SMILES string of the molecule is CC(C)(C)c1ccc(Cn2c(-c3ccccc3F)nc3ccccc32)cc1. The maximum atomic E-state index is 14.5. The molecule has 0 bridgehead atoms. The van der Waals surface area contributed by atoms with Crippen molar-refractivity contribution >= 4 is 11.0 Å². The maximum Gasteiger partial charge on any atom is 0.144 e. The Bertz CT molecular complexity index is 1090. The van der Waals surface area contributed by atoms with E-state index in [4.69, 9.17) is 4.98 Å². The van der Waals surface area contributed by atoms with Crippen LogP contribution >= 0.6 is 0 Å². The second kappa shape index (κ2) is 6.66. The summed E-state index contributed by atoms with van der Waals surface area (Å²) in [5.41, 5.74) is 5.01. The smallest absolute Gasteiger partial charge is 0.144 e. The van der Waals surface area contributed by atoms with Crippen molar-refractivity contribution in [3.8, 4) is 11.4 Å². The highest BCUT2D eigenvalue weighted by atomic mass is 19.1. The zero-order valence-corrected chi connectivity index (χ0v) is 15.9. The summed E-state index contributed by atoms with van der Waals surface area (Å²) < 4.78 is 16.6. The largest absolute Gasteiger partial charge is 0.319 e. The minimum absolute atomic E-state index is 0.124. The van der Waals surface area contributed by atoms with Crippen LogP contribution < -0.4 is 0 Å². The van der Waals surface area contributed by atoms with Gasteiger partial charge in [-0.1, -0.05) is 69.3 Å². The molecule has 3 heteroatoms. The molecule has 136 valence electrons. The number of hydrogen-bond acceptors (Lipinski definition) is 1. The third-order valence-electron chi connectivity index (χ3n) is 4.93. The van der Waals surface area contributed by atoms with Gasteiger partial charge in [0.2, 0.25) is 0 Å². The summed E-state index contributed by atoms with van der Waals surface area (Å²) in [4.78, 5) is 4.72. The van der Waals surface area contributed by atoms with Gasteiger partial charge in [0.25, 0.3) is 0 Å². The van der Waals surface area contributed by atoms with Crippen molar-refractivity contribution in [3.05, 3.63) is 89.7 Å². The first kappa shape index (κ1) is 17.5. The lowest BCUT2D eigenvalue weighted by atomic mass is 9.87. The number of hydrogen-bond donors (Lipinski definition) is 0. The number of nitrogens with zero attached hydrogens (tertiary/aromatic N) is 2. The van der Waals surface area contributed by atoms with E-state index < -0.39 is 0 Å². The molecule has 2 nitrogen and oxygen atoms in total. The standard InChI is InChI=1S/C24H23FN2/c1-24(2,3)18-14-12-17(13-15-18)16-27-22-11-7-6-10-21(22)26-23(27)19-8-4-5-9-20(19)25/h4-15H,16H2,1-3H3. The van der Waals surface area contributed by atoms with E-state index in [9.17, 15) is 4.39 Å². The third-order valence-corrected chi connectivity index (χ3v) is 4.93. The van der Waals surface area contributed by atoms with Gasteiger partial charge in [-0.25, -0.2) is 9.37 Å². The van der Waals surface area contributed by atoms with Gasteiger partial charge in [0.1, 0.15) is 11.6 Å². The van der Waals surface area contributed by atoms with Gasteiger partial charge in [-0.2, -0.15) is 0 Å². The number of fused-ring (bicyclic) bond motifs is 1. The van der Waals surface area contributed by atoms with Crippen LogP contribution in [0.1, 0.15) is 31.9 Å². The summed E-state index contributed by atoms with van der Waals surface area (Å²) in [6.45, 7) is 7.28. The first-order chi connectivity index (χ1) is 12.9. The lowest BCUT2D eigenvalue weighted by Gasteiger charge is -2.19. The normalized spacial score (nSPS) is 11.9. The summed E-state index contributed by atoms with van der Waals surface area (Å²) in [6.07, 6.45) is 0. The quantitative estimate of drug-likeness (QED) is 0.427. The second-order valence-corrected chi connectivity index (χ2v) is 7.94. The Morgan fingerprint density at radius 3 is 2.22 bits per heavy atom. The van der Waals surface area contributed by atoms with Gasteiger partial charge in [-0.3, -0.25) is 0 Å². The second-order valence-electron chi connectivity index (χ2n) is 7.94.